The fourth-order valence-corrected chi connectivity index (χ4v) is 3.67. The van der Waals surface area contributed by atoms with Gasteiger partial charge in [-0.2, -0.15) is 0 Å². The Morgan fingerprint density at radius 2 is 1.96 bits per heavy atom. The molecule has 6 nitrogen and oxygen atoms in total. The van der Waals surface area contributed by atoms with Gasteiger partial charge in [0.1, 0.15) is 0 Å². The zero-order chi connectivity index (χ0) is 18.5. The van der Waals surface area contributed by atoms with Crippen LogP contribution < -0.4 is 10.6 Å². The summed E-state index contributed by atoms with van der Waals surface area (Å²) in [5.41, 5.74) is 2.55. The van der Waals surface area contributed by atoms with Crippen LogP contribution in [0.2, 0.25) is 0 Å². The first kappa shape index (κ1) is 18.6. The van der Waals surface area contributed by atoms with Gasteiger partial charge in [-0.3, -0.25) is 4.79 Å². The molecule has 1 aromatic carbocycles. The predicted octanol–water partition coefficient (Wildman–Crippen LogP) is 2.68. The van der Waals surface area contributed by atoms with Crippen molar-refractivity contribution in [2.24, 2.45) is 5.92 Å². The molecule has 0 saturated carbocycles. The van der Waals surface area contributed by atoms with Crippen molar-refractivity contribution in [1.29, 1.82) is 0 Å². The van der Waals surface area contributed by atoms with Gasteiger partial charge in [0.25, 0.3) is 5.91 Å². The summed E-state index contributed by atoms with van der Waals surface area (Å²) in [5.74, 6) is 0.577. The van der Waals surface area contributed by atoms with Crippen LogP contribution in [-0.4, -0.2) is 40.5 Å². The Morgan fingerprint density at radius 3 is 2.62 bits per heavy atom. The maximum absolute atomic E-state index is 12.7. The number of rotatable bonds is 6. The Hall–Kier alpha value is -2.21. The fourth-order valence-electron chi connectivity index (χ4n) is 3.67. The second kappa shape index (κ2) is 8.45. The van der Waals surface area contributed by atoms with Gasteiger partial charge in [0.15, 0.2) is 5.69 Å². The zero-order valence-electron chi connectivity index (χ0n) is 15.9. The zero-order valence-corrected chi connectivity index (χ0v) is 15.9. The van der Waals surface area contributed by atoms with Gasteiger partial charge in [0.2, 0.25) is 0 Å². The van der Waals surface area contributed by atoms with E-state index in [2.05, 4.69) is 46.9 Å². The van der Waals surface area contributed by atoms with Crippen LogP contribution in [0.25, 0.3) is 0 Å². The monoisotopic (exact) mass is 355 g/mol. The van der Waals surface area contributed by atoms with Crippen LogP contribution >= 0.6 is 0 Å². The Labute approximate surface area is 155 Å². The number of nitrogens with one attached hydrogen (secondary N) is 2. The number of hydrogen-bond acceptors (Lipinski definition) is 4. The molecule has 2 aromatic rings. The lowest BCUT2D eigenvalue weighted by atomic mass is 9.88. The SMILES string of the molecule is Cc1c(C(=O)NCC(c2ccccc2)C(C)C)nnn1C1CCNCC1. The van der Waals surface area contributed by atoms with Gasteiger partial charge in [-0.25, -0.2) is 4.68 Å². The molecule has 1 aliphatic rings. The smallest absolute Gasteiger partial charge is 0.273 e. The lowest BCUT2D eigenvalue weighted by Crippen LogP contribution is -2.32. The first-order valence-electron chi connectivity index (χ1n) is 9.53. The number of carbonyl (C=O) groups excluding carboxylic acids is 1. The average molecular weight is 355 g/mol. The van der Waals surface area contributed by atoms with E-state index in [0.29, 0.717) is 24.2 Å². The van der Waals surface area contributed by atoms with Crippen molar-refractivity contribution in [3.05, 3.63) is 47.3 Å². The van der Waals surface area contributed by atoms with Gasteiger partial charge in [-0.15, -0.1) is 5.10 Å². The third-order valence-electron chi connectivity index (χ3n) is 5.31. The lowest BCUT2D eigenvalue weighted by Gasteiger charge is -2.23. The molecule has 1 aromatic heterocycles. The maximum atomic E-state index is 12.7. The minimum absolute atomic E-state index is 0.135. The van der Waals surface area contributed by atoms with E-state index in [1.807, 2.05) is 29.8 Å². The summed E-state index contributed by atoms with van der Waals surface area (Å²) < 4.78 is 1.92. The molecule has 0 bridgehead atoms. The number of aromatic nitrogens is 3. The Balaban J connectivity index is 1.67. The van der Waals surface area contributed by atoms with Gasteiger partial charge < -0.3 is 10.6 Å². The first-order chi connectivity index (χ1) is 12.6. The number of benzene rings is 1. The summed E-state index contributed by atoms with van der Waals surface area (Å²) in [4.78, 5) is 12.7. The minimum Gasteiger partial charge on any atom is -0.350 e. The van der Waals surface area contributed by atoms with Crippen molar-refractivity contribution < 1.29 is 4.79 Å². The van der Waals surface area contributed by atoms with E-state index >= 15 is 0 Å². The highest BCUT2D eigenvalue weighted by molar-refractivity contribution is 5.93. The number of nitrogens with zero attached hydrogens (tertiary/aromatic N) is 3. The highest BCUT2D eigenvalue weighted by atomic mass is 16.2. The summed E-state index contributed by atoms with van der Waals surface area (Å²) in [6.45, 7) is 8.87. The van der Waals surface area contributed by atoms with Gasteiger partial charge in [-0.1, -0.05) is 49.4 Å². The second-order valence-corrected chi connectivity index (χ2v) is 7.42. The van der Waals surface area contributed by atoms with Crippen LogP contribution in [0.1, 0.15) is 60.4 Å². The molecule has 140 valence electrons. The van der Waals surface area contributed by atoms with Crippen LogP contribution in [0.15, 0.2) is 30.3 Å². The molecule has 0 radical (unpaired) electrons. The van der Waals surface area contributed by atoms with Crippen molar-refractivity contribution in [3.63, 3.8) is 0 Å². The van der Waals surface area contributed by atoms with Gasteiger partial charge in [0, 0.05) is 12.5 Å². The van der Waals surface area contributed by atoms with E-state index in [0.717, 1.165) is 31.6 Å². The summed E-state index contributed by atoms with van der Waals surface area (Å²) in [5, 5.41) is 14.8. The highest BCUT2D eigenvalue weighted by Crippen LogP contribution is 2.24. The molecule has 1 fully saturated rings. The van der Waals surface area contributed by atoms with Crippen LogP contribution in [0.3, 0.4) is 0 Å². The van der Waals surface area contributed by atoms with E-state index in [1.54, 1.807) is 0 Å². The highest BCUT2D eigenvalue weighted by Gasteiger charge is 2.24. The molecule has 1 unspecified atom stereocenters. The summed E-state index contributed by atoms with van der Waals surface area (Å²) >= 11 is 0. The quantitative estimate of drug-likeness (QED) is 0.836. The van der Waals surface area contributed by atoms with Crippen molar-refractivity contribution in [3.8, 4) is 0 Å². The van der Waals surface area contributed by atoms with Crippen molar-refractivity contribution in [1.82, 2.24) is 25.6 Å². The first-order valence-corrected chi connectivity index (χ1v) is 9.53. The van der Waals surface area contributed by atoms with E-state index in [1.165, 1.54) is 5.56 Å². The van der Waals surface area contributed by atoms with Crippen LogP contribution in [0.5, 0.6) is 0 Å². The number of hydrogen-bond donors (Lipinski definition) is 2. The number of piperidine rings is 1. The second-order valence-electron chi connectivity index (χ2n) is 7.42. The molecule has 1 aliphatic heterocycles. The Morgan fingerprint density at radius 1 is 1.27 bits per heavy atom. The molecule has 26 heavy (non-hydrogen) atoms. The third-order valence-corrected chi connectivity index (χ3v) is 5.31. The van der Waals surface area contributed by atoms with E-state index < -0.39 is 0 Å². The largest absolute Gasteiger partial charge is 0.350 e. The Bertz CT molecular complexity index is 719. The van der Waals surface area contributed by atoms with Crippen molar-refractivity contribution in [2.75, 3.05) is 19.6 Å². The summed E-state index contributed by atoms with van der Waals surface area (Å²) in [7, 11) is 0. The Kier molecular flexibility index (Phi) is 6.04. The molecule has 3 rings (SSSR count). The van der Waals surface area contributed by atoms with E-state index in [-0.39, 0.29) is 11.8 Å². The molecule has 6 heteroatoms. The standard InChI is InChI=1S/C20H29N5O/c1-14(2)18(16-7-5-4-6-8-16)13-22-20(26)19-15(3)25(24-23-19)17-9-11-21-12-10-17/h4-8,14,17-18,21H,9-13H2,1-3H3,(H,22,26). The molecule has 1 amide bonds. The van der Waals surface area contributed by atoms with Crippen LogP contribution in [0, 0.1) is 12.8 Å². The molecule has 1 saturated heterocycles. The average Bonchev–Trinajstić information content (AvgIpc) is 3.04. The summed E-state index contributed by atoms with van der Waals surface area (Å²) in [6.07, 6.45) is 2.05. The molecule has 2 heterocycles. The molecule has 1 atom stereocenters. The topological polar surface area (TPSA) is 71.8 Å². The molecule has 0 aliphatic carbocycles. The molecular weight excluding hydrogens is 326 g/mol. The molecule has 2 N–H and O–H groups in total. The van der Waals surface area contributed by atoms with Gasteiger partial charge in [-0.05, 0) is 44.3 Å². The van der Waals surface area contributed by atoms with Crippen LogP contribution in [0.4, 0.5) is 0 Å². The van der Waals surface area contributed by atoms with Crippen molar-refractivity contribution in [2.45, 2.75) is 45.6 Å². The van der Waals surface area contributed by atoms with Gasteiger partial charge in [0.05, 0.1) is 11.7 Å². The van der Waals surface area contributed by atoms with E-state index in [9.17, 15) is 4.79 Å². The minimum atomic E-state index is -0.135. The predicted molar refractivity (Wildman–Crippen MR) is 102 cm³/mol. The normalized spacial score (nSPS) is 16.6. The fraction of sp³-hybridized carbons (Fsp3) is 0.550. The lowest BCUT2D eigenvalue weighted by molar-refractivity contribution is 0.0943. The molecular formula is C20H29N5O. The van der Waals surface area contributed by atoms with Crippen molar-refractivity contribution >= 4 is 5.91 Å². The third kappa shape index (κ3) is 4.12. The van der Waals surface area contributed by atoms with E-state index in [4.69, 9.17) is 0 Å². The maximum Gasteiger partial charge on any atom is 0.273 e. The summed E-state index contributed by atoms with van der Waals surface area (Å²) in [6, 6.07) is 10.7. The molecule has 0 spiro atoms. The number of carbonyl (C=O) groups is 1. The van der Waals surface area contributed by atoms with Gasteiger partial charge >= 0.3 is 0 Å². The number of amides is 1. The van der Waals surface area contributed by atoms with Crippen LogP contribution in [-0.2, 0) is 0 Å².